The van der Waals surface area contributed by atoms with Crippen LogP contribution in [0.3, 0.4) is 0 Å². The summed E-state index contributed by atoms with van der Waals surface area (Å²) >= 11 is 2.64. The number of benzene rings is 2. The Hall–Kier alpha value is -2.48. The van der Waals surface area contributed by atoms with Crippen LogP contribution in [0, 0.1) is 11.6 Å². The zero-order valence-electron chi connectivity index (χ0n) is 11.5. The Morgan fingerprint density at radius 2 is 1.87 bits per heavy atom. The van der Waals surface area contributed by atoms with Crippen molar-refractivity contribution in [2.24, 2.45) is 0 Å². The van der Waals surface area contributed by atoms with Gasteiger partial charge in [-0.25, -0.2) is 18.4 Å². The third-order valence-corrected chi connectivity index (χ3v) is 3.56. The monoisotopic (exact) mass is 385 g/mol. The van der Waals surface area contributed by atoms with E-state index in [4.69, 9.17) is 9.84 Å². The van der Waals surface area contributed by atoms with Crippen molar-refractivity contribution in [2.75, 3.05) is 5.32 Å². The number of carbonyl (C=O) groups is 2. The zero-order chi connectivity index (χ0) is 17.0. The fourth-order valence-corrected chi connectivity index (χ4v) is 2.06. The quantitative estimate of drug-likeness (QED) is 0.774. The van der Waals surface area contributed by atoms with Gasteiger partial charge < -0.3 is 9.84 Å². The van der Waals surface area contributed by atoms with E-state index in [0.717, 1.165) is 0 Å². The lowest BCUT2D eigenvalue weighted by molar-refractivity contribution is 0.0697. The van der Waals surface area contributed by atoms with Gasteiger partial charge in [-0.1, -0.05) is 30.3 Å². The number of nitrogens with one attached hydrogen (secondary N) is 1. The Labute approximate surface area is 138 Å². The fourth-order valence-electron chi connectivity index (χ4n) is 1.75. The molecule has 8 heteroatoms. The normalized spacial score (nSPS) is 10.2. The first kappa shape index (κ1) is 16.9. The van der Waals surface area contributed by atoms with E-state index in [9.17, 15) is 18.4 Å². The van der Waals surface area contributed by atoms with E-state index in [1.54, 1.807) is 30.3 Å². The minimum Gasteiger partial charge on any atom is -0.478 e. The van der Waals surface area contributed by atoms with Crippen LogP contribution >= 0.6 is 15.9 Å². The Morgan fingerprint density at radius 3 is 2.48 bits per heavy atom. The third kappa shape index (κ3) is 4.04. The summed E-state index contributed by atoms with van der Waals surface area (Å²) in [7, 11) is 0. The molecule has 0 fully saturated rings. The van der Waals surface area contributed by atoms with E-state index in [0.29, 0.717) is 11.6 Å². The highest BCUT2D eigenvalue weighted by molar-refractivity contribution is 9.10. The molecule has 120 valence electrons. The zero-order valence-corrected chi connectivity index (χ0v) is 13.1. The Balaban J connectivity index is 2.17. The summed E-state index contributed by atoms with van der Waals surface area (Å²) in [6.45, 7) is -0.0843. The van der Waals surface area contributed by atoms with E-state index in [1.165, 1.54) is 0 Å². The van der Waals surface area contributed by atoms with Crippen LogP contribution in [-0.2, 0) is 11.3 Å². The molecule has 0 heterocycles. The smallest absolute Gasteiger partial charge is 0.412 e. The maximum absolute atomic E-state index is 14.0. The molecule has 2 aromatic rings. The molecule has 0 aliphatic carbocycles. The third-order valence-electron chi connectivity index (χ3n) is 2.83. The van der Waals surface area contributed by atoms with Crippen LogP contribution in [-0.4, -0.2) is 17.2 Å². The number of halogens is 3. The highest BCUT2D eigenvalue weighted by Crippen LogP contribution is 2.30. The number of ether oxygens (including phenoxy) is 1. The van der Waals surface area contributed by atoms with Crippen LogP contribution in [0.2, 0.25) is 0 Å². The van der Waals surface area contributed by atoms with Crippen molar-refractivity contribution in [2.45, 2.75) is 6.61 Å². The summed E-state index contributed by atoms with van der Waals surface area (Å²) in [6.07, 6.45) is -1.06. The molecule has 0 bridgehead atoms. The van der Waals surface area contributed by atoms with Crippen LogP contribution in [0.5, 0.6) is 0 Å². The van der Waals surface area contributed by atoms with Crippen molar-refractivity contribution < 1.29 is 28.2 Å². The van der Waals surface area contributed by atoms with Crippen molar-refractivity contribution in [1.29, 1.82) is 0 Å². The average molecular weight is 386 g/mol. The number of anilines is 1. The second kappa shape index (κ2) is 7.19. The minimum atomic E-state index is -1.59. The SMILES string of the molecule is O=C(Nc1c(C(=O)O)cc(F)c(Br)c1F)OCc1ccccc1. The highest BCUT2D eigenvalue weighted by atomic mass is 79.9. The molecule has 0 unspecified atom stereocenters. The van der Waals surface area contributed by atoms with Gasteiger partial charge in [0.05, 0.1) is 15.7 Å². The average Bonchev–Trinajstić information content (AvgIpc) is 2.54. The van der Waals surface area contributed by atoms with Crippen LogP contribution in [0.4, 0.5) is 19.3 Å². The van der Waals surface area contributed by atoms with Crippen molar-refractivity contribution in [3.8, 4) is 0 Å². The number of carboxylic acids is 1. The summed E-state index contributed by atoms with van der Waals surface area (Å²) < 4.78 is 31.7. The number of rotatable bonds is 4. The van der Waals surface area contributed by atoms with Gasteiger partial charge in [0.1, 0.15) is 12.4 Å². The molecular weight excluding hydrogens is 376 g/mol. The predicted octanol–water partition coefficient (Wildman–Crippen LogP) is 4.17. The second-order valence-electron chi connectivity index (χ2n) is 4.40. The second-order valence-corrected chi connectivity index (χ2v) is 5.19. The lowest BCUT2D eigenvalue weighted by atomic mass is 10.1. The molecule has 0 aliphatic rings. The first-order chi connectivity index (χ1) is 10.9. The van der Waals surface area contributed by atoms with Gasteiger partial charge in [0.2, 0.25) is 0 Å². The van der Waals surface area contributed by atoms with E-state index in [-0.39, 0.29) is 6.61 Å². The minimum absolute atomic E-state index is 0.0843. The fraction of sp³-hybridized carbons (Fsp3) is 0.0667. The topological polar surface area (TPSA) is 75.6 Å². The van der Waals surface area contributed by atoms with Gasteiger partial charge in [-0.15, -0.1) is 0 Å². The number of hydrogen-bond donors (Lipinski definition) is 2. The van der Waals surface area contributed by atoms with E-state index in [2.05, 4.69) is 15.9 Å². The van der Waals surface area contributed by atoms with Crippen molar-refractivity contribution in [3.63, 3.8) is 0 Å². The van der Waals surface area contributed by atoms with Crippen LogP contribution < -0.4 is 5.32 Å². The molecule has 2 N–H and O–H groups in total. The van der Waals surface area contributed by atoms with Gasteiger partial charge in [0.15, 0.2) is 5.82 Å². The van der Waals surface area contributed by atoms with Crippen molar-refractivity contribution in [1.82, 2.24) is 0 Å². The van der Waals surface area contributed by atoms with Gasteiger partial charge in [0.25, 0.3) is 0 Å². The Bertz CT molecular complexity index is 753. The summed E-state index contributed by atoms with van der Waals surface area (Å²) in [5, 5.41) is 11.0. The van der Waals surface area contributed by atoms with Crippen molar-refractivity contribution in [3.05, 3.63) is 63.6 Å². The summed E-state index contributed by atoms with van der Waals surface area (Å²) in [4.78, 5) is 22.8. The molecule has 0 aromatic heterocycles. The van der Waals surface area contributed by atoms with Crippen LogP contribution in [0.15, 0.2) is 40.9 Å². The van der Waals surface area contributed by atoms with E-state index < -0.39 is 39.4 Å². The highest BCUT2D eigenvalue weighted by Gasteiger charge is 2.23. The lowest BCUT2D eigenvalue weighted by Gasteiger charge is -2.12. The summed E-state index contributed by atoms with van der Waals surface area (Å²) in [5.41, 5.74) is -0.703. The van der Waals surface area contributed by atoms with Gasteiger partial charge >= 0.3 is 12.1 Å². The maximum Gasteiger partial charge on any atom is 0.412 e. The molecule has 0 spiro atoms. The summed E-state index contributed by atoms with van der Waals surface area (Å²) in [5.74, 6) is -3.92. The Morgan fingerprint density at radius 1 is 1.22 bits per heavy atom. The number of aromatic carboxylic acids is 1. The molecular formula is C15H10BrF2NO4. The number of carboxylic acid groups (broad SMARTS) is 1. The molecule has 0 aliphatic heterocycles. The molecule has 0 radical (unpaired) electrons. The predicted molar refractivity (Wildman–Crippen MR) is 81.3 cm³/mol. The standard InChI is InChI=1S/C15H10BrF2NO4/c16-11-10(17)6-9(14(20)21)13(12(11)18)19-15(22)23-7-8-4-2-1-3-5-8/h1-6H,7H2,(H,19,22)(H,20,21). The first-order valence-corrected chi connectivity index (χ1v) is 7.08. The largest absolute Gasteiger partial charge is 0.478 e. The number of hydrogen-bond acceptors (Lipinski definition) is 3. The Kier molecular flexibility index (Phi) is 5.28. The van der Waals surface area contributed by atoms with Crippen LogP contribution in [0.25, 0.3) is 0 Å². The number of amides is 1. The molecule has 5 nitrogen and oxygen atoms in total. The molecule has 0 saturated heterocycles. The molecule has 1 amide bonds. The molecule has 23 heavy (non-hydrogen) atoms. The van der Waals surface area contributed by atoms with Gasteiger partial charge in [-0.3, -0.25) is 5.32 Å². The van der Waals surface area contributed by atoms with E-state index in [1.807, 2.05) is 5.32 Å². The van der Waals surface area contributed by atoms with E-state index >= 15 is 0 Å². The van der Waals surface area contributed by atoms with Crippen molar-refractivity contribution >= 4 is 33.7 Å². The molecule has 0 atom stereocenters. The maximum atomic E-state index is 14.0. The van der Waals surface area contributed by atoms with Gasteiger partial charge in [-0.2, -0.15) is 0 Å². The first-order valence-electron chi connectivity index (χ1n) is 6.28. The molecule has 2 aromatic carbocycles. The van der Waals surface area contributed by atoms with Gasteiger partial charge in [0, 0.05) is 0 Å². The lowest BCUT2D eigenvalue weighted by Crippen LogP contribution is -2.18. The number of carbonyl (C=O) groups excluding carboxylic acids is 1. The summed E-state index contributed by atoms with van der Waals surface area (Å²) in [6, 6.07) is 9.30. The molecule has 0 saturated carbocycles. The van der Waals surface area contributed by atoms with Gasteiger partial charge in [-0.05, 0) is 27.6 Å². The van der Waals surface area contributed by atoms with Crippen LogP contribution in [0.1, 0.15) is 15.9 Å². The molecule has 2 rings (SSSR count).